The Morgan fingerprint density at radius 1 is 1.28 bits per heavy atom. The van der Waals surface area contributed by atoms with Crippen LogP contribution in [0.3, 0.4) is 0 Å². The first-order valence-corrected chi connectivity index (χ1v) is 11.3. The van der Waals surface area contributed by atoms with E-state index in [0.29, 0.717) is 11.7 Å². The van der Waals surface area contributed by atoms with Crippen molar-refractivity contribution in [1.29, 1.82) is 0 Å². The van der Waals surface area contributed by atoms with Gasteiger partial charge in [0.05, 0.1) is 10.2 Å². The lowest BCUT2D eigenvalue weighted by Crippen LogP contribution is -2.26. The summed E-state index contributed by atoms with van der Waals surface area (Å²) in [5.41, 5.74) is 6.60. The Kier molecular flexibility index (Phi) is 7.28. The largest absolute Gasteiger partial charge is 0.483 e. The number of benzene rings is 2. The number of nitrogens with zero attached hydrogens (tertiary/aromatic N) is 2. The number of rotatable bonds is 8. The molecule has 0 aliphatic carbocycles. The van der Waals surface area contributed by atoms with Crippen molar-refractivity contribution in [2.24, 2.45) is 5.10 Å². The van der Waals surface area contributed by atoms with Gasteiger partial charge in [0.2, 0.25) is 0 Å². The number of fused-ring (bicyclic) bond motifs is 1. The number of carbonyl (C=O) groups is 1. The third-order valence-corrected chi connectivity index (χ3v) is 6.54. The Morgan fingerprint density at radius 3 is 2.83 bits per heavy atom. The van der Waals surface area contributed by atoms with E-state index in [9.17, 15) is 4.79 Å². The second kappa shape index (κ2) is 9.89. The van der Waals surface area contributed by atoms with Gasteiger partial charge >= 0.3 is 0 Å². The van der Waals surface area contributed by atoms with Crippen molar-refractivity contribution in [2.45, 2.75) is 38.0 Å². The van der Waals surface area contributed by atoms with Crippen molar-refractivity contribution in [3.63, 3.8) is 0 Å². The first-order valence-electron chi connectivity index (χ1n) is 9.46. The highest BCUT2D eigenvalue weighted by Crippen LogP contribution is 2.29. The van der Waals surface area contributed by atoms with Gasteiger partial charge in [0, 0.05) is 11.5 Å². The number of hydrogen-bond acceptors (Lipinski definition) is 6. The maximum absolute atomic E-state index is 12.1. The molecule has 3 rings (SSSR count). The van der Waals surface area contributed by atoms with E-state index in [1.807, 2.05) is 38.1 Å². The fraction of sp³-hybridized carbons (Fsp3) is 0.318. The first kappa shape index (κ1) is 21.3. The first-order chi connectivity index (χ1) is 13.9. The molecule has 0 spiro atoms. The molecule has 5 nitrogen and oxygen atoms in total. The molecule has 7 heteroatoms. The zero-order valence-electron chi connectivity index (χ0n) is 17.1. The quantitative estimate of drug-likeness (QED) is 0.297. The Balaban J connectivity index is 1.49. The molecule has 1 N–H and O–H groups in total. The molecule has 2 aromatic carbocycles. The summed E-state index contributed by atoms with van der Waals surface area (Å²) in [5, 5.41) is 4.17. The Hall–Kier alpha value is -2.38. The molecule has 1 aromatic heterocycles. The van der Waals surface area contributed by atoms with E-state index in [1.165, 1.54) is 4.70 Å². The van der Waals surface area contributed by atoms with Gasteiger partial charge in [-0.3, -0.25) is 4.79 Å². The van der Waals surface area contributed by atoms with E-state index in [0.717, 1.165) is 32.4 Å². The van der Waals surface area contributed by atoms with Crippen LogP contribution in [0.25, 0.3) is 10.2 Å². The molecule has 0 atom stereocenters. The molecule has 3 aromatic rings. The summed E-state index contributed by atoms with van der Waals surface area (Å²) in [6.07, 6.45) is 0. The molecule has 29 heavy (non-hydrogen) atoms. The molecule has 0 unspecified atom stereocenters. The van der Waals surface area contributed by atoms with Crippen LogP contribution >= 0.6 is 23.1 Å². The Labute approximate surface area is 179 Å². The van der Waals surface area contributed by atoms with Crippen LogP contribution in [0, 0.1) is 6.92 Å². The minimum Gasteiger partial charge on any atom is -0.483 e. The molecular weight excluding hydrogens is 402 g/mol. The fourth-order valence-corrected chi connectivity index (χ4v) is 4.63. The average molecular weight is 428 g/mol. The normalized spacial score (nSPS) is 11.8. The number of thiazole rings is 1. The third-order valence-electron chi connectivity index (χ3n) is 4.20. The van der Waals surface area contributed by atoms with Gasteiger partial charge in [0.1, 0.15) is 5.75 Å². The van der Waals surface area contributed by atoms with E-state index < -0.39 is 0 Å². The number of hydrogen-bond donors (Lipinski definition) is 1. The lowest BCUT2D eigenvalue weighted by molar-refractivity contribution is -0.123. The maximum Gasteiger partial charge on any atom is 0.277 e. The molecule has 1 amide bonds. The fourth-order valence-electron chi connectivity index (χ4n) is 2.69. The van der Waals surface area contributed by atoms with Gasteiger partial charge in [-0.15, -0.1) is 11.3 Å². The van der Waals surface area contributed by atoms with E-state index in [-0.39, 0.29) is 12.5 Å². The van der Waals surface area contributed by atoms with Gasteiger partial charge in [0.15, 0.2) is 10.9 Å². The van der Waals surface area contributed by atoms with E-state index in [2.05, 4.69) is 47.6 Å². The predicted octanol–water partition coefficient (Wildman–Crippen LogP) is 5.39. The van der Waals surface area contributed by atoms with Crippen LogP contribution in [0.5, 0.6) is 5.75 Å². The summed E-state index contributed by atoms with van der Waals surface area (Å²) < 4.78 is 7.91. The van der Waals surface area contributed by atoms with Gasteiger partial charge < -0.3 is 4.74 Å². The molecular formula is C22H25N3O2S2. The van der Waals surface area contributed by atoms with Crippen LogP contribution in [-0.4, -0.2) is 29.0 Å². The summed E-state index contributed by atoms with van der Waals surface area (Å²) in [4.78, 5) is 16.7. The molecule has 0 fully saturated rings. The molecule has 0 aliphatic heterocycles. The van der Waals surface area contributed by atoms with Crippen LogP contribution in [-0.2, 0) is 4.79 Å². The second-order valence-corrected chi connectivity index (χ2v) is 9.36. The summed E-state index contributed by atoms with van der Waals surface area (Å²) >= 11 is 3.28. The molecule has 0 aliphatic rings. The number of carbonyl (C=O) groups excluding carboxylic acids is 1. The molecule has 1 heterocycles. The Bertz CT molecular complexity index is 995. The minimum atomic E-state index is -0.273. The van der Waals surface area contributed by atoms with Crippen molar-refractivity contribution in [1.82, 2.24) is 10.4 Å². The standard InChI is InChI=1S/C22H25N3O2S2/c1-14(2)17-10-9-15(3)11-19(17)27-12-21(26)25-24-16(4)13-28-22-23-18-7-5-6-8-20(18)29-22/h5-11,14H,12-13H2,1-4H3,(H,25,26)/b24-16-. The van der Waals surface area contributed by atoms with Crippen LogP contribution in [0.2, 0.25) is 0 Å². The summed E-state index contributed by atoms with van der Waals surface area (Å²) in [6.45, 7) is 8.04. The van der Waals surface area contributed by atoms with E-state index >= 15 is 0 Å². The van der Waals surface area contributed by atoms with Gasteiger partial charge in [-0.25, -0.2) is 10.4 Å². The number of hydrazone groups is 1. The van der Waals surface area contributed by atoms with E-state index in [4.69, 9.17) is 4.74 Å². The van der Waals surface area contributed by atoms with Crippen LogP contribution in [0.15, 0.2) is 51.9 Å². The van der Waals surface area contributed by atoms with Crippen molar-refractivity contribution in [3.05, 3.63) is 53.6 Å². The lowest BCUT2D eigenvalue weighted by atomic mass is 10.0. The van der Waals surface area contributed by atoms with Crippen LogP contribution in [0.4, 0.5) is 0 Å². The predicted molar refractivity (Wildman–Crippen MR) is 122 cm³/mol. The number of thioether (sulfide) groups is 1. The maximum atomic E-state index is 12.1. The van der Waals surface area contributed by atoms with Crippen LogP contribution < -0.4 is 10.2 Å². The topological polar surface area (TPSA) is 63.6 Å². The monoisotopic (exact) mass is 427 g/mol. The minimum absolute atomic E-state index is 0.0645. The SMILES string of the molecule is C/C(CSc1nc2ccccc2s1)=N/NC(=O)COc1cc(C)ccc1C(C)C. The summed E-state index contributed by atoms with van der Waals surface area (Å²) in [6, 6.07) is 14.1. The highest BCUT2D eigenvalue weighted by atomic mass is 32.2. The highest BCUT2D eigenvalue weighted by Gasteiger charge is 2.10. The van der Waals surface area contributed by atoms with Gasteiger partial charge in [0.25, 0.3) is 5.91 Å². The molecule has 0 radical (unpaired) electrons. The highest BCUT2D eigenvalue weighted by molar-refractivity contribution is 8.01. The number of aromatic nitrogens is 1. The number of aryl methyl sites for hydroxylation is 1. The summed E-state index contributed by atoms with van der Waals surface area (Å²) in [5.74, 6) is 1.47. The number of ether oxygens (including phenoxy) is 1. The number of para-hydroxylation sites is 1. The summed E-state index contributed by atoms with van der Waals surface area (Å²) in [7, 11) is 0. The Morgan fingerprint density at radius 2 is 2.07 bits per heavy atom. The molecule has 152 valence electrons. The zero-order valence-corrected chi connectivity index (χ0v) is 18.7. The van der Waals surface area contributed by atoms with Crippen LogP contribution in [0.1, 0.15) is 37.8 Å². The number of amides is 1. The van der Waals surface area contributed by atoms with Crippen molar-refractivity contribution >= 4 is 44.9 Å². The second-order valence-electron chi connectivity index (χ2n) is 7.10. The smallest absolute Gasteiger partial charge is 0.277 e. The molecule has 0 saturated heterocycles. The van der Waals surface area contributed by atoms with Crippen molar-refractivity contribution < 1.29 is 9.53 Å². The molecule has 0 saturated carbocycles. The van der Waals surface area contributed by atoms with Gasteiger partial charge in [-0.05, 0) is 49.1 Å². The zero-order chi connectivity index (χ0) is 20.8. The number of nitrogens with one attached hydrogen (secondary N) is 1. The van der Waals surface area contributed by atoms with Gasteiger partial charge in [-0.1, -0.05) is 49.9 Å². The van der Waals surface area contributed by atoms with Gasteiger partial charge in [-0.2, -0.15) is 5.10 Å². The van der Waals surface area contributed by atoms with Crippen molar-refractivity contribution in [2.75, 3.05) is 12.4 Å². The van der Waals surface area contributed by atoms with E-state index in [1.54, 1.807) is 23.1 Å². The lowest BCUT2D eigenvalue weighted by Gasteiger charge is -2.14. The van der Waals surface area contributed by atoms with Crippen molar-refractivity contribution in [3.8, 4) is 5.75 Å². The average Bonchev–Trinajstić information content (AvgIpc) is 3.12. The molecule has 0 bridgehead atoms. The third kappa shape index (κ3) is 6.05.